The molecule has 8 heteroatoms. The Hall–Kier alpha value is -2.25. The number of nitrogens with zero attached hydrogens (tertiary/aromatic N) is 4. The van der Waals surface area contributed by atoms with E-state index >= 15 is 0 Å². The Bertz CT molecular complexity index is 1180. The highest BCUT2D eigenvalue weighted by atomic mass is 35.5. The predicted octanol–water partition coefficient (Wildman–Crippen LogP) is 2.97. The predicted molar refractivity (Wildman–Crippen MR) is 108 cm³/mol. The van der Waals surface area contributed by atoms with Crippen molar-refractivity contribution in [1.29, 1.82) is 0 Å². The first-order valence-corrected chi connectivity index (χ1v) is 11.2. The van der Waals surface area contributed by atoms with Gasteiger partial charge in [-0.05, 0) is 42.7 Å². The molecule has 0 N–H and O–H groups in total. The third-order valence-electron chi connectivity index (χ3n) is 6.16. The van der Waals surface area contributed by atoms with Crippen LogP contribution in [0.25, 0.3) is 11.0 Å². The van der Waals surface area contributed by atoms with E-state index in [1.165, 1.54) is 0 Å². The number of imidazole rings is 1. The van der Waals surface area contributed by atoms with Crippen LogP contribution in [0.3, 0.4) is 0 Å². The molecule has 2 aromatic heterocycles. The van der Waals surface area contributed by atoms with Crippen LogP contribution in [-0.2, 0) is 27.6 Å². The van der Waals surface area contributed by atoms with Crippen molar-refractivity contribution in [3.63, 3.8) is 0 Å². The van der Waals surface area contributed by atoms with Gasteiger partial charge in [0.25, 0.3) is 0 Å². The second-order valence-electron chi connectivity index (χ2n) is 7.82. The van der Waals surface area contributed by atoms with E-state index in [-0.39, 0.29) is 17.4 Å². The summed E-state index contributed by atoms with van der Waals surface area (Å²) in [6.45, 7) is 0.384. The fraction of sp³-hybridized carbons (Fsp3) is 0.350. The summed E-state index contributed by atoms with van der Waals surface area (Å²) in [4.78, 5) is 24.1. The first-order valence-electron chi connectivity index (χ1n) is 9.35. The zero-order valence-corrected chi connectivity index (χ0v) is 16.5. The van der Waals surface area contributed by atoms with Crippen molar-refractivity contribution in [2.24, 2.45) is 0 Å². The van der Waals surface area contributed by atoms with Crippen LogP contribution >= 0.6 is 11.6 Å². The Morgan fingerprint density at radius 1 is 1.25 bits per heavy atom. The van der Waals surface area contributed by atoms with Crippen LogP contribution in [0.5, 0.6) is 0 Å². The van der Waals surface area contributed by atoms with Gasteiger partial charge in [-0.1, -0.05) is 11.6 Å². The highest BCUT2D eigenvalue weighted by molar-refractivity contribution is 7.86. The van der Waals surface area contributed by atoms with Crippen LogP contribution in [0.1, 0.15) is 30.3 Å². The fourth-order valence-corrected chi connectivity index (χ4v) is 5.79. The van der Waals surface area contributed by atoms with Crippen molar-refractivity contribution in [3.05, 3.63) is 53.1 Å². The minimum Gasteiger partial charge on any atom is -0.321 e. The third-order valence-corrected chi connectivity index (χ3v) is 7.90. The molecule has 2 fully saturated rings. The highest BCUT2D eigenvalue weighted by Crippen LogP contribution is 2.57. The molecule has 0 unspecified atom stereocenters. The van der Waals surface area contributed by atoms with E-state index < -0.39 is 10.8 Å². The molecule has 0 atom stereocenters. The quantitative estimate of drug-likeness (QED) is 0.663. The Labute approximate surface area is 169 Å². The van der Waals surface area contributed by atoms with Gasteiger partial charge in [0.15, 0.2) is 0 Å². The molecule has 0 radical (unpaired) electrons. The van der Waals surface area contributed by atoms with E-state index in [0.29, 0.717) is 23.1 Å². The molecule has 1 saturated heterocycles. The average Bonchev–Trinajstić information content (AvgIpc) is 3.35. The standard InChI is InChI=1S/C20H17ClN4O2S/c21-12-1-2-16-15(7-12)23-18(25(16)13-10-28(27)11-13)9-24-17-8-22-6-3-14(17)20(4-5-20)19(24)26/h1-3,6-8,13H,4-5,9-11H2. The monoisotopic (exact) mass is 412 g/mol. The number of pyridine rings is 1. The summed E-state index contributed by atoms with van der Waals surface area (Å²) in [5.74, 6) is 2.19. The summed E-state index contributed by atoms with van der Waals surface area (Å²) in [7, 11) is -0.777. The second-order valence-corrected chi connectivity index (χ2v) is 9.81. The van der Waals surface area contributed by atoms with Gasteiger partial charge in [-0.15, -0.1) is 0 Å². The van der Waals surface area contributed by atoms with Crippen LogP contribution in [0, 0.1) is 0 Å². The summed E-state index contributed by atoms with van der Waals surface area (Å²) in [6, 6.07) is 7.76. The Balaban J connectivity index is 1.46. The van der Waals surface area contributed by atoms with Gasteiger partial charge in [0.1, 0.15) is 5.82 Å². The maximum absolute atomic E-state index is 13.2. The van der Waals surface area contributed by atoms with Gasteiger partial charge in [-0.2, -0.15) is 0 Å². The fourth-order valence-electron chi connectivity index (χ4n) is 4.57. The summed E-state index contributed by atoms with van der Waals surface area (Å²) < 4.78 is 13.9. The number of amides is 1. The lowest BCUT2D eigenvalue weighted by Crippen LogP contribution is -2.37. The van der Waals surface area contributed by atoms with Crippen molar-refractivity contribution < 1.29 is 9.00 Å². The maximum Gasteiger partial charge on any atom is 0.238 e. The maximum atomic E-state index is 13.2. The lowest BCUT2D eigenvalue weighted by atomic mass is 9.99. The van der Waals surface area contributed by atoms with E-state index in [4.69, 9.17) is 16.6 Å². The molecule has 0 bridgehead atoms. The van der Waals surface area contributed by atoms with Crippen LogP contribution in [0.2, 0.25) is 5.02 Å². The molecule has 1 aliphatic carbocycles. The van der Waals surface area contributed by atoms with E-state index in [1.54, 1.807) is 12.4 Å². The van der Waals surface area contributed by atoms with Crippen LogP contribution < -0.4 is 4.90 Å². The molecule has 6 nitrogen and oxygen atoms in total. The zero-order chi connectivity index (χ0) is 19.0. The second kappa shape index (κ2) is 5.64. The molecule has 1 saturated carbocycles. The molecule has 6 rings (SSSR count). The van der Waals surface area contributed by atoms with E-state index in [0.717, 1.165) is 41.0 Å². The summed E-state index contributed by atoms with van der Waals surface area (Å²) in [6.07, 6.45) is 5.33. The zero-order valence-electron chi connectivity index (χ0n) is 15.0. The first-order chi connectivity index (χ1) is 13.6. The minimum absolute atomic E-state index is 0.142. The van der Waals surface area contributed by atoms with Gasteiger partial charge in [0, 0.05) is 33.5 Å². The molecule has 1 amide bonds. The number of benzene rings is 1. The smallest absolute Gasteiger partial charge is 0.238 e. The Kier molecular flexibility index (Phi) is 3.36. The number of anilines is 1. The van der Waals surface area contributed by atoms with Gasteiger partial charge in [-0.3, -0.25) is 14.0 Å². The minimum atomic E-state index is -0.777. The number of carbonyl (C=O) groups is 1. The number of halogens is 1. The van der Waals surface area contributed by atoms with Gasteiger partial charge in [0.2, 0.25) is 5.91 Å². The Morgan fingerprint density at radius 3 is 2.82 bits per heavy atom. The highest BCUT2D eigenvalue weighted by Gasteiger charge is 2.59. The molecule has 3 aromatic rings. The van der Waals surface area contributed by atoms with Gasteiger partial charge in [0.05, 0.1) is 40.9 Å². The van der Waals surface area contributed by atoms with Crippen LogP contribution in [0.4, 0.5) is 5.69 Å². The van der Waals surface area contributed by atoms with E-state index in [2.05, 4.69) is 9.55 Å². The molecule has 4 heterocycles. The molecule has 28 heavy (non-hydrogen) atoms. The third kappa shape index (κ3) is 2.20. The number of fused-ring (bicyclic) bond motifs is 3. The number of hydrogen-bond donors (Lipinski definition) is 0. The number of carbonyl (C=O) groups excluding carboxylic acids is 1. The lowest BCUT2D eigenvalue weighted by Gasteiger charge is -2.29. The van der Waals surface area contributed by atoms with Crippen molar-refractivity contribution >= 4 is 45.0 Å². The van der Waals surface area contributed by atoms with Crippen LogP contribution in [-0.4, -0.2) is 36.2 Å². The topological polar surface area (TPSA) is 68.1 Å². The van der Waals surface area contributed by atoms with E-state index in [1.807, 2.05) is 29.2 Å². The molecule has 2 aliphatic heterocycles. The molecule has 142 valence electrons. The molecular formula is C20H17ClN4O2S. The summed E-state index contributed by atoms with van der Waals surface area (Å²) in [5.41, 5.74) is 3.40. The first kappa shape index (κ1) is 16.7. The van der Waals surface area contributed by atoms with Gasteiger partial charge in [-0.25, -0.2) is 4.98 Å². The molecule has 1 aromatic carbocycles. The van der Waals surface area contributed by atoms with Gasteiger partial charge < -0.3 is 9.47 Å². The normalized spacial score (nSPS) is 24.6. The Morgan fingerprint density at radius 2 is 2.07 bits per heavy atom. The number of hydrogen-bond acceptors (Lipinski definition) is 4. The molecule has 1 spiro atoms. The number of rotatable bonds is 3. The van der Waals surface area contributed by atoms with E-state index in [9.17, 15) is 9.00 Å². The van der Waals surface area contributed by atoms with Gasteiger partial charge >= 0.3 is 0 Å². The summed E-state index contributed by atoms with van der Waals surface area (Å²) in [5, 5.41) is 0.629. The largest absolute Gasteiger partial charge is 0.321 e. The number of aromatic nitrogens is 3. The van der Waals surface area contributed by atoms with Crippen molar-refractivity contribution in [2.75, 3.05) is 16.4 Å². The molecular weight excluding hydrogens is 396 g/mol. The molecule has 3 aliphatic rings. The SMILES string of the molecule is O=C1N(Cc2nc3cc(Cl)ccc3n2C2CS(=O)C2)c2cnccc2C12CC2. The van der Waals surface area contributed by atoms with Crippen molar-refractivity contribution in [2.45, 2.75) is 30.8 Å². The van der Waals surface area contributed by atoms with Crippen molar-refractivity contribution in [3.8, 4) is 0 Å². The lowest BCUT2D eigenvalue weighted by molar-refractivity contribution is -0.120. The van der Waals surface area contributed by atoms with Crippen molar-refractivity contribution in [1.82, 2.24) is 14.5 Å². The van der Waals surface area contributed by atoms with Crippen LogP contribution in [0.15, 0.2) is 36.7 Å². The summed E-state index contributed by atoms with van der Waals surface area (Å²) >= 11 is 6.17. The average molecular weight is 413 g/mol.